The summed E-state index contributed by atoms with van der Waals surface area (Å²) in [6.45, 7) is 2.25. The van der Waals surface area contributed by atoms with E-state index >= 15 is 0 Å². The van der Waals surface area contributed by atoms with Crippen molar-refractivity contribution in [2.24, 2.45) is 0 Å². The van der Waals surface area contributed by atoms with Crippen molar-refractivity contribution in [1.82, 2.24) is 4.90 Å². The molecule has 162 valence electrons. The van der Waals surface area contributed by atoms with Crippen LogP contribution < -0.4 is 10.1 Å². The zero-order valence-electron chi connectivity index (χ0n) is 17.9. The summed E-state index contributed by atoms with van der Waals surface area (Å²) in [6.07, 6.45) is 0.923. The average Bonchev–Trinajstić information content (AvgIpc) is 3.05. The molecule has 3 aromatic carbocycles. The molecule has 0 bridgehead atoms. The van der Waals surface area contributed by atoms with Crippen molar-refractivity contribution >= 4 is 34.7 Å². The first-order chi connectivity index (χ1) is 15.5. The van der Waals surface area contributed by atoms with Crippen molar-refractivity contribution in [3.05, 3.63) is 100 Å². The molecule has 1 heterocycles. The number of hydrogen-bond acceptors (Lipinski definition) is 4. The SMILES string of the molecule is CCc1ccc(NC2=C(c3ccc(OC)cc3)C(=O)N(Cc3ccc(Cl)cc3)C2=O)cc1. The minimum atomic E-state index is -0.365. The first kappa shape index (κ1) is 21.7. The van der Waals surface area contributed by atoms with Crippen LogP contribution in [0.1, 0.15) is 23.6 Å². The van der Waals surface area contributed by atoms with Gasteiger partial charge in [-0.25, -0.2) is 0 Å². The monoisotopic (exact) mass is 446 g/mol. The van der Waals surface area contributed by atoms with Gasteiger partial charge in [0.1, 0.15) is 11.4 Å². The number of nitrogens with one attached hydrogen (secondary N) is 1. The Bertz CT molecular complexity index is 1170. The van der Waals surface area contributed by atoms with Crippen LogP contribution in [0.15, 0.2) is 78.5 Å². The number of imide groups is 1. The van der Waals surface area contributed by atoms with Crippen LogP contribution in [-0.2, 0) is 22.6 Å². The molecule has 1 N–H and O–H groups in total. The lowest BCUT2D eigenvalue weighted by Crippen LogP contribution is -2.32. The second-order valence-corrected chi connectivity index (χ2v) is 7.91. The lowest BCUT2D eigenvalue weighted by atomic mass is 10.0. The molecule has 6 heteroatoms. The van der Waals surface area contributed by atoms with E-state index in [4.69, 9.17) is 16.3 Å². The smallest absolute Gasteiger partial charge is 0.278 e. The van der Waals surface area contributed by atoms with Gasteiger partial charge >= 0.3 is 0 Å². The normalized spacial score (nSPS) is 13.7. The Morgan fingerprint density at radius 1 is 0.844 bits per heavy atom. The van der Waals surface area contributed by atoms with E-state index in [2.05, 4.69) is 12.2 Å². The fraction of sp³-hybridized carbons (Fsp3) is 0.154. The Kier molecular flexibility index (Phi) is 6.28. The molecule has 32 heavy (non-hydrogen) atoms. The van der Waals surface area contributed by atoms with Crippen molar-refractivity contribution in [2.45, 2.75) is 19.9 Å². The van der Waals surface area contributed by atoms with E-state index in [0.29, 0.717) is 21.9 Å². The minimum absolute atomic E-state index is 0.161. The maximum absolute atomic E-state index is 13.4. The van der Waals surface area contributed by atoms with Crippen molar-refractivity contribution in [3.63, 3.8) is 0 Å². The Morgan fingerprint density at radius 3 is 2.06 bits per heavy atom. The van der Waals surface area contributed by atoms with Crippen LogP contribution in [0.2, 0.25) is 5.02 Å². The third-order valence-corrected chi connectivity index (χ3v) is 5.68. The quantitative estimate of drug-likeness (QED) is 0.500. The zero-order valence-corrected chi connectivity index (χ0v) is 18.6. The van der Waals surface area contributed by atoms with Gasteiger partial charge < -0.3 is 10.1 Å². The highest BCUT2D eigenvalue weighted by Gasteiger charge is 2.39. The van der Waals surface area contributed by atoms with Crippen LogP contribution in [0.25, 0.3) is 5.57 Å². The molecule has 0 atom stereocenters. The number of aryl methyl sites for hydroxylation is 1. The summed E-state index contributed by atoms with van der Waals surface area (Å²) >= 11 is 5.97. The number of rotatable bonds is 7. The molecule has 0 saturated carbocycles. The summed E-state index contributed by atoms with van der Waals surface area (Å²) in [5, 5.41) is 3.79. The number of anilines is 1. The highest BCUT2D eigenvalue weighted by atomic mass is 35.5. The molecule has 0 fully saturated rings. The largest absolute Gasteiger partial charge is 0.497 e. The maximum Gasteiger partial charge on any atom is 0.278 e. The molecule has 0 aliphatic carbocycles. The first-order valence-corrected chi connectivity index (χ1v) is 10.7. The van der Waals surface area contributed by atoms with Gasteiger partial charge in [0.2, 0.25) is 0 Å². The summed E-state index contributed by atoms with van der Waals surface area (Å²) in [4.78, 5) is 28.0. The molecule has 0 aromatic heterocycles. The summed E-state index contributed by atoms with van der Waals surface area (Å²) in [5.41, 5.74) is 4.01. The molecule has 1 aliphatic heterocycles. The Hall–Kier alpha value is -3.57. The second kappa shape index (κ2) is 9.28. The second-order valence-electron chi connectivity index (χ2n) is 7.48. The van der Waals surface area contributed by atoms with Gasteiger partial charge in [-0.15, -0.1) is 0 Å². The van der Waals surface area contributed by atoms with Crippen LogP contribution in [0.5, 0.6) is 5.75 Å². The number of carbonyl (C=O) groups excluding carboxylic acids is 2. The van der Waals surface area contributed by atoms with Gasteiger partial charge in [-0.1, -0.05) is 54.9 Å². The molecule has 0 unspecified atom stereocenters. The number of ether oxygens (including phenoxy) is 1. The van der Waals surface area contributed by atoms with Gasteiger partial charge in [0.25, 0.3) is 11.8 Å². The third-order valence-electron chi connectivity index (χ3n) is 5.43. The number of halogens is 1. The van der Waals surface area contributed by atoms with Crippen LogP contribution in [0, 0.1) is 0 Å². The number of amides is 2. The summed E-state index contributed by atoms with van der Waals surface area (Å²) in [5.74, 6) is -0.0352. The molecule has 0 spiro atoms. The minimum Gasteiger partial charge on any atom is -0.497 e. The lowest BCUT2D eigenvalue weighted by Gasteiger charge is -2.15. The van der Waals surface area contributed by atoms with Crippen molar-refractivity contribution in [2.75, 3.05) is 12.4 Å². The topological polar surface area (TPSA) is 58.6 Å². The predicted octanol–water partition coefficient (Wildman–Crippen LogP) is 5.30. The van der Waals surface area contributed by atoms with Crippen molar-refractivity contribution in [3.8, 4) is 5.75 Å². The van der Waals surface area contributed by atoms with Crippen LogP contribution in [-0.4, -0.2) is 23.8 Å². The van der Waals surface area contributed by atoms with E-state index in [9.17, 15) is 9.59 Å². The lowest BCUT2D eigenvalue weighted by molar-refractivity contribution is -0.137. The molecular formula is C26H23ClN2O3. The predicted molar refractivity (Wildman–Crippen MR) is 126 cm³/mol. The van der Waals surface area contributed by atoms with Crippen LogP contribution in [0.3, 0.4) is 0 Å². The molecule has 0 saturated heterocycles. The third kappa shape index (κ3) is 4.39. The number of carbonyl (C=O) groups is 2. The average molecular weight is 447 g/mol. The van der Waals surface area contributed by atoms with Gasteiger partial charge in [0.05, 0.1) is 19.2 Å². The van der Waals surface area contributed by atoms with Gasteiger partial charge in [-0.2, -0.15) is 0 Å². The van der Waals surface area contributed by atoms with E-state index in [1.54, 1.807) is 43.5 Å². The van der Waals surface area contributed by atoms with Gasteiger partial charge in [-0.05, 0) is 59.5 Å². The molecule has 1 aliphatic rings. The van der Waals surface area contributed by atoms with Crippen molar-refractivity contribution < 1.29 is 14.3 Å². The standard InChI is InChI=1S/C26H23ClN2O3/c1-3-17-6-12-21(13-7-17)28-24-23(19-8-14-22(32-2)15-9-19)25(30)29(26(24)31)16-18-4-10-20(27)11-5-18/h4-15,28H,3,16H2,1-2H3. The zero-order chi connectivity index (χ0) is 22.7. The first-order valence-electron chi connectivity index (χ1n) is 10.4. The van der Waals surface area contributed by atoms with Crippen molar-refractivity contribution in [1.29, 1.82) is 0 Å². The molecule has 0 radical (unpaired) electrons. The van der Waals surface area contributed by atoms with Gasteiger partial charge in [0.15, 0.2) is 0 Å². The maximum atomic E-state index is 13.4. The Morgan fingerprint density at radius 2 is 1.47 bits per heavy atom. The molecule has 4 rings (SSSR count). The Labute approximate surface area is 192 Å². The summed E-state index contributed by atoms with van der Waals surface area (Å²) < 4.78 is 5.23. The highest BCUT2D eigenvalue weighted by Crippen LogP contribution is 2.32. The van der Waals surface area contributed by atoms with E-state index in [1.807, 2.05) is 36.4 Å². The fourth-order valence-electron chi connectivity index (χ4n) is 3.60. The number of nitrogens with zero attached hydrogens (tertiary/aromatic N) is 1. The van der Waals surface area contributed by atoms with E-state index in [1.165, 1.54) is 10.5 Å². The highest BCUT2D eigenvalue weighted by molar-refractivity contribution is 6.36. The number of benzene rings is 3. The molecule has 2 amide bonds. The molecule has 3 aromatic rings. The van der Waals surface area contributed by atoms with Gasteiger partial charge in [-0.3, -0.25) is 14.5 Å². The molecule has 5 nitrogen and oxygen atoms in total. The number of hydrogen-bond donors (Lipinski definition) is 1. The summed E-state index contributed by atoms with van der Waals surface area (Å²) in [7, 11) is 1.58. The van der Waals surface area contributed by atoms with Gasteiger partial charge in [0, 0.05) is 10.7 Å². The fourth-order valence-corrected chi connectivity index (χ4v) is 3.73. The van der Waals surface area contributed by atoms with E-state index in [-0.39, 0.29) is 24.1 Å². The summed E-state index contributed by atoms with van der Waals surface area (Å²) in [6, 6.07) is 22.1. The number of methoxy groups -OCH3 is 1. The van der Waals surface area contributed by atoms with Crippen LogP contribution >= 0.6 is 11.6 Å². The van der Waals surface area contributed by atoms with Crippen LogP contribution in [0.4, 0.5) is 5.69 Å². The Balaban J connectivity index is 1.71. The van der Waals surface area contributed by atoms with E-state index < -0.39 is 0 Å². The molecular weight excluding hydrogens is 424 g/mol. The van der Waals surface area contributed by atoms with E-state index in [0.717, 1.165) is 17.7 Å².